The molecule has 0 saturated carbocycles. The van der Waals surface area contributed by atoms with Crippen LogP contribution in [-0.2, 0) is 0 Å². The fourth-order valence-corrected chi connectivity index (χ4v) is 3.27. The van der Waals surface area contributed by atoms with Crippen LogP contribution < -0.4 is 20.3 Å². The number of hydrogen-bond acceptors (Lipinski definition) is 6. The molecule has 6 nitrogen and oxygen atoms in total. The molecule has 1 aromatic heterocycles. The van der Waals surface area contributed by atoms with E-state index >= 15 is 0 Å². The van der Waals surface area contributed by atoms with E-state index in [9.17, 15) is 0 Å². The van der Waals surface area contributed by atoms with E-state index in [1.807, 2.05) is 42.5 Å². The standard InChI is InChI=1S/C19H21N5O/c1-25-17-9-5-4-8-16(17)23-10-12-24(13-11-23)19-21-15-7-3-2-6-14(15)18(20)22-19/h2-9H,10-13H2,1H3,(H2,20,21,22). The number of nitrogen functional groups attached to an aromatic ring is 1. The summed E-state index contributed by atoms with van der Waals surface area (Å²) >= 11 is 0. The molecule has 25 heavy (non-hydrogen) atoms. The van der Waals surface area contributed by atoms with Crippen molar-refractivity contribution in [1.29, 1.82) is 0 Å². The Kier molecular flexibility index (Phi) is 4.01. The maximum absolute atomic E-state index is 6.12. The van der Waals surface area contributed by atoms with Crippen molar-refractivity contribution in [1.82, 2.24) is 9.97 Å². The molecule has 3 aromatic rings. The summed E-state index contributed by atoms with van der Waals surface area (Å²) in [6.07, 6.45) is 0. The third kappa shape index (κ3) is 2.91. The maximum atomic E-state index is 6.12. The Balaban J connectivity index is 1.54. The third-order valence-corrected chi connectivity index (χ3v) is 4.61. The van der Waals surface area contributed by atoms with E-state index in [4.69, 9.17) is 10.5 Å². The first kappa shape index (κ1) is 15.5. The Morgan fingerprint density at radius 3 is 2.36 bits per heavy atom. The van der Waals surface area contributed by atoms with Crippen molar-refractivity contribution in [2.24, 2.45) is 0 Å². The first-order valence-electron chi connectivity index (χ1n) is 8.41. The summed E-state index contributed by atoms with van der Waals surface area (Å²) in [7, 11) is 1.71. The average molecular weight is 335 g/mol. The molecule has 2 aromatic carbocycles. The number of piperazine rings is 1. The van der Waals surface area contributed by atoms with Gasteiger partial charge >= 0.3 is 0 Å². The van der Waals surface area contributed by atoms with E-state index < -0.39 is 0 Å². The van der Waals surface area contributed by atoms with E-state index in [-0.39, 0.29) is 0 Å². The van der Waals surface area contributed by atoms with Gasteiger partial charge in [0.2, 0.25) is 5.95 Å². The molecule has 0 radical (unpaired) electrons. The Morgan fingerprint density at radius 1 is 0.880 bits per heavy atom. The Hall–Kier alpha value is -3.02. The molecule has 1 aliphatic rings. The minimum Gasteiger partial charge on any atom is -0.495 e. The van der Waals surface area contributed by atoms with Crippen LogP contribution in [0.5, 0.6) is 5.75 Å². The molecule has 0 unspecified atom stereocenters. The highest BCUT2D eigenvalue weighted by Gasteiger charge is 2.21. The van der Waals surface area contributed by atoms with Crippen LogP contribution in [-0.4, -0.2) is 43.3 Å². The summed E-state index contributed by atoms with van der Waals surface area (Å²) in [6.45, 7) is 3.46. The van der Waals surface area contributed by atoms with Crippen molar-refractivity contribution < 1.29 is 4.74 Å². The monoisotopic (exact) mass is 335 g/mol. The molecule has 2 N–H and O–H groups in total. The quantitative estimate of drug-likeness (QED) is 0.793. The number of hydrogen-bond donors (Lipinski definition) is 1. The number of benzene rings is 2. The van der Waals surface area contributed by atoms with Crippen LogP contribution in [0.1, 0.15) is 0 Å². The van der Waals surface area contributed by atoms with Crippen LogP contribution in [0.3, 0.4) is 0 Å². The topological polar surface area (TPSA) is 67.5 Å². The molecule has 0 bridgehead atoms. The van der Waals surface area contributed by atoms with Gasteiger partial charge < -0.3 is 20.3 Å². The van der Waals surface area contributed by atoms with Crippen LogP contribution in [0.2, 0.25) is 0 Å². The maximum Gasteiger partial charge on any atom is 0.228 e. The van der Waals surface area contributed by atoms with Gasteiger partial charge in [-0.15, -0.1) is 0 Å². The van der Waals surface area contributed by atoms with Crippen LogP contribution in [0.15, 0.2) is 48.5 Å². The highest BCUT2D eigenvalue weighted by Crippen LogP contribution is 2.29. The van der Waals surface area contributed by atoms with Crippen LogP contribution in [0, 0.1) is 0 Å². The highest BCUT2D eigenvalue weighted by molar-refractivity contribution is 5.88. The summed E-state index contributed by atoms with van der Waals surface area (Å²) in [5, 5.41) is 0.902. The van der Waals surface area contributed by atoms with Gasteiger partial charge in [-0.25, -0.2) is 4.98 Å². The van der Waals surface area contributed by atoms with Gasteiger partial charge in [0.1, 0.15) is 11.6 Å². The summed E-state index contributed by atoms with van der Waals surface area (Å²) in [5.74, 6) is 2.14. The molecule has 0 aliphatic carbocycles. The first-order chi connectivity index (χ1) is 12.3. The SMILES string of the molecule is COc1ccccc1N1CCN(c2nc(N)c3ccccc3n2)CC1. The molecule has 1 aliphatic heterocycles. The second-order valence-electron chi connectivity index (χ2n) is 6.07. The largest absolute Gasteiger partial charge is 0.495 e. The number of nitrogens with zero attached hydrogens (tertiary/aromatic N) is 4. The minimum atomic E-state index is 0.535. The lowest BCUT2D eigenvalue weighted by Crippen LogP contribution is -2.47. The number of nitrogens with two attached hydrogens (primary N) is 1. The van der Waals surface area contributed by atoms with E-state index in [2.05, 4.69) is 25.8 Å². The van der Waals surface area contributed by atoms with Gasteiger partial charge in [-0.3, -0.25) is 0 Å². The summed E-state index contributed by atoms with van der Waals surface area (Å²) < 4.78 is 5.48. The number of fused-ring (bicyclic) bond motifs is 1. The molecule has 0 spiro atoms. The average Bonchev–Trinajstić information content (AvgIpc) is 2.68. The zero-order valence-electron chi connectivity index (χ0n) is 14.2. The summed E-state index contributed by atoms with van der Waals surface area (Å²) in [4.78, 5) is 13.7. The van der Waals surface area contributed by atoms with Gasteiger partial charge in [-0.2, -0.15) is 4.98 Å². The lowest BCUT2D eigenvalue weighted by Gasteiger charge is -2.36. The predicted molar refractivity (Wildman–Crippen MR) is 101 cm³/mol. The van der Waals surface area contributed by atoms with Gasteiger partial charge in [0.15, 0.2) is 0 Å². The molecule has 2 heterocycles. The number of methoxy groups -OCH3 is 1. The van der Waals surface area contributed by atoms with Crippen LogP contribution >= 0.6 is 0 Å². The molecule has 0 atom stereocenters. The van der Waals surface area contributed by atoms with Crippen molar-refractivity contribution in [2.45, 2.75) is 0 Å². The van der Waals surface area contributed by atoms with Gasteiger partial charge in [0, 0.05) is 31.6 Å². The molecule has 6 heteroatoms. The van der Waals surface area contributed by atoms with Crippen molar-refractivity contribution in [3.05, 3.63) is 48.5 Å². The van der Waals surface area contributed by atoms with Crippen molar-refractivity contribution >= 4 is 28.4 Å². The zero-order valence-corrected chi connectivity index (χ0v) is 14.2. The van der Waals surface area contributed by atoms with E-state index in [1.165, 1.54) is 0 Å². The Morgan fingerprint density at radius 2 is 1.56 bits per heavy atom. The normalized spacial score (nSPS) is 14.8. The molecule has 0 amide bonds. The number of aromatic nitrogens is 2. The fourth-order valence-electron chi connectivity index (χ4n) is 3.27. The van der Waals surface area contributed by atoms with Gasteiger partial charge in [-0.1, -0.05) is 24.3 Å². The van der Waals surface area contributed by atoms with E-state index in [0.29, 0.717) is 11.8 Å². The predicted octanol–water partition coefficient (Wildman–Crippen LogP) is 2.55. The third-order valence-electron chi connectivity index (χ3n) is 4.61. The highest BCUT2D eigenvalue weighted by atomic mass is 16.5. The van der Waals surface area contributed by atoms with Gasteiger partial charge in [-0.05, 0) is 24.3 Å². The fraction of sp³-hybridized carbons (Fsp3) is 0.263. The Bertz CT molecular complexity index is 890. The van der Waals surface area contributed by atoms with Gasteiger partial charge in [0.25, 0.3) is 0 Å². The lowest BCUT2D eigenvalue weighted by molar-refractivity contribution is 0.413. The lowest BCUT2D eigenvalue weighted by atomic mass is 10.2. The van der Waals surface area contributed by atoms with Crippen LogP contribution in [0.4, 0.5) is 17.5 Å². The summed E-state index contributed by atoms with van der Waals surface area (Å²) in [5.41, 5.74) is 8.13. The number of ether oxygens (including phenoxy) is 1. The van der Waals surface area contributed by atoms with Crippen molar-refractivity contribution in [3.63, 3.8) is 0 Å². The molecule has 1 fully saturated rings. The van der Waals surface area contributed by atoms with Gasteiger partial charge in [0.05, 0.1) is 18.3 Å². The van der Waals surface area contributed by atoms with Crippen molar-refractivity contribution in [3.8, 4) is 5.75 Å². The van der Waals surface area contributed by atoms with E-state index in [1.54, 1.807) is 7.11 Å². The molecule has 1 saturated heterocycles. The van der Waals surface area contributed by atoms with Crippen molar-refractivity contribution in [2.75, 3.05) is 48.8 Å². The second kappa shape index (κ2) is 6.47. The molecular weight excluding hydrogens is 314 g/mol. The smallest absolute Gasteiger partial charge is 0.228 e. The first-order valence-corrected chi connectivity index (χ1v) is 8.41. The van der Waals surface area contributed by atoms with E-state index in [0.717, 1.165) is 48.5 Å². The number of rotatable bonds is 3. The second-order valence-corrected chi connectivity index (χ2v) is 6.07. The van der Waals surface area contributed by atoms with Crippen LogP contribution in [0.25, 0.3) is 10.9 Å². The summed E-state index contributed by atoms with van der Waals surface area (Å²) in [6, 6.07) is 16.0. The molecule has 128 valence electrons. The number of para-hydroxylation sites is 3. The Labute approximate surface area is 146 Å². The molecular formula is C19H21N5O. The molecule has 4 rings (SSSR count). The zero-order chi connectivity index (χ0) is 17.2. The minimum absolute atomic E-state index is 0.535. The number of anilines is 3.